The van der Waals surface area contributed by atoms with Gasteiger partial charge in [-0.25, -0.2) is 0 Å². The summed E-state index contributed by atoms with van der Waals surface area (Å²) in [6.45, 7) is 3.99. The number of rotatable bonds is 55. The SMILES string of the molecule is CC/C=C\C/C=C\C/C=C\C/C=C\C/C=C\C/C=C\CCCCC(=O)OC(CO)COC(=O)CCCCCCCCCCCCCCCCCCCCCCCC/C=C\C/C=C\C/C=C\CCCCCCC. The van der Waals surface area contributed by atoms with Crippen LogP contribution >= 0.6 is 0 Å². The fourth-order valence-corrected chi connectivity index (χ4v) is 8.51. The van der Waals surface area contributed by atoms with E-state index < -0.39 is 6.10 Å². The standard InChI is InChI=1S/C67H114O5/c1-3-5-7-9-11-13-15-17-19-21-23-25-26-27-28-29-30-31-32-33-34-35-36-37-38-39-40-42-43-45-47-49-51-53-55-57-59-61-66(69)71-64-65(63-68)72-67(70)62-60-58-56-54-52-50-48-46-44-41-24-22-20-18-16-14-12-10-8-6-4-2/h6,8,12,14-15,17-18,20-21,23-24,26-27,41,46,48,52,54,65,68H,3-5,7,9-11,13,16,19,22,25,28-40,42-45,47,49-51,53,55-64H2,1-2H3/b8-6-,14-12-,17-15-,20-18-,23-21-,27-26-,41-24-,48-46-,54-52-. The molecule has 1 atom stereocenters. The molecule has 0 heterocycles. The Morgan fingerprint density at radius 1 is 0.333 bits per heavy atom. The predicted octanol–water partition coefficient (Wildman–Crippen LogP) is 20.9. The predicted molar refractivity (Wildman–Crippen MR) is 315 cm³/mol. The van der Waals surface area contributed by atoms with Gasteiger partial charge in [0.15, 0.2) is 6.10 Å². The largest absolute Gasteiger partial charge is 0.462 e. The summed E-state index contributed by atoms with van der Waals surface area (Å²) in [4.78, 5) is 24.5. The molecule has 0 aromatic heterocycles. The number of ether oxygens (including phenoxy) is 2. The highest BCUT2D eigenvalue weighted by molar-refractivity contribution is 5.70. The first-order chi connectivity index (χ1) is 35.6. The number of esters is 2. The van der Waals surface area contributed by atoms with Crippen LogP contribution < -0.4 is 0 Å². The summed E-state index contributed by atoms with van der Waals surface area (Å²) < 4.78 is 10.7. The van der Waals surface area contributed by atoms with Crippen LogP contribution in [0, 0.1) is 0 Å². The van der Waals surface area contributed by atoms with Crippen molar-refractivity contribution in [3.05, 3.63) is 109 Å². The molecular formula is C67H114O5. The molecule has 0 saturated heterocycles. The summed E-state index contributed by atoms with van der Waals surface area (Å²) in [7, 11) is 0. The highest BCUT2D eigenvalue weighted by Gasteiger charge is 2.16. The van der Waals surface area contributed by atoms with Crippen LogP contribution in [0.25, 0.3) is 0 Å². The molecule has 0 aliphatic heterocycles. The summed E-state index contributed by atoms with van der Waals surface area (Å²) >= 11 is 0. The zero-order valence-corrected chi connectivity index (χ0v) is 47.2. The number of hydrogen-bond acceptors (Lipinski definition) is 5. The number of allylic oxidation sites excluding steroid dienone is 18. The van der Waals surface area contributed by atoms with Crippen molar-refractivity contribution in [1.29, 1.82) is 0 Å². The Hall–Kier alpha value is -3.44. The van der Waals surface area contributed by atoms with Crippen LogP contribution in [0.5, 0.6) is 0 Å². The minimum absolute atomic E-state index is 0.0871. The van der Waals surface area contributed by atoms with Crippen LogP contribution in [-0.2, 0) is 19.1 Å². The molecule has 5 nitrogen and oxygen atoms in total. The van der Waals surface area contributed by atoms with E-state index in [9.17, 15) is 14.7 Å². The maximum absolute atomic E-state index is 12.3. The minimum atomic E-state index is -0.801. The normalized spacial score (nSPS) is 13.0. The Morgan fingerprint density at radius 2 is 0.597 bits per heavy atom. The molecule has 0 bridgehead atoms. The molecule has 0 radical (unpaired) electrons. The van der Waals surface area contributed by atoms with Crippen LogP contribution in [0.3, 0.4) is 0 Å². The Labute approximate surface area is 446 Å². The zero-order chi connectivity index (χ0) is 52.0. The average molecular weight is 1000 g/mol. The summed E-state index contributed by atoms with van der Waals surface area (Å²) in [6, 6.07) is 0. The summed E-state index contributed by atoms with van der Waals surface area (Å²) in [6.07, 6.45) is 89.5. The molecule has 0 amide bonds. The van der Waals surface area contributed by atoms with Gasteiger partial charge in [0.2, 0.25) is 0 Å². The lowest BCUT2D eigenvalue weighted by Crippen LogP contribution is -2.28. The van der Waals surface area contributed by atoms with Gasteiger partial charge in [0.25, 0.3) is 0 Å². The first kappa shape index (κ1) is 68.6. The molecule has 5 heteroatoms. The lowest BCUT2D eigenvalue weighted by atomic mass is 10.0. The maximum atomic E-state index is 12.3. The van der Waals surface area contributed by atoms with Gasteiger partial charge in [-0.1, -0.05) is 277 Å². The van der Waals surface area contributed by atoms with Crippen molar-refractivity contribution < 1.29 is 24.2 Å². The molecule has 0 rings (SSSR count). The molecule has 0 aliphatic carbocycles. The van der Waals surface area contributed by atoms with Gasteiger partial charge in [-0.15, -0.1) is 0 Å². The Balaban J connectivity index is 3.49. The van der Waals surface area contributed by atoms with Crippen molar-refractivity contribution in [2.75, 3.05) is 13.2 Å². The first-order valence-corrected chi connectivity index (χ1v) is 30.4. The van der Waals surface area contributed by atoms with Gasteiger partial charge in [0.05, 0.1) is 6.61 Å². The van der Waals surface area contributed by atoms with E-state index in [1.807, 2.05) is 0 Å². The Kier molecular flexibility index (Phi) is 58.9. The smallest absolute Gasteiger partial charge is 0.306 e. The summed E-state index contributed by atoms with van der Waals surface area (Å²) in [5.41, 5.74) is 0. The number of aliphatic hydroxyl groups excluding tert-OH is 1. The third kappa shape index (κ3) is 59.1. The van der Waals surface area contributed by atoms with Crippen LogP contribution in [0.1, 0.15) is 284 Å². The van der Waals surface area contributed by atoms with Crippen LogP contribution in [0.4, 0.5) is 0 Å². The van der Waals surface area contributed by atoms with E-state index >= 15 is 0 Å². The van der Waals surface area contributed by atoms with E-state index in [2.05, 4.69) is 123 Å². The lowest BCUT2D eigenvalue weighted by Gasteiger charge is -2.15. The van der Waals surface area contributed by atoms with E-state index in [4.69, 9.17) is 9.47 Å². The van der Waals surface area contributed by atoms with Gasteiger partial charge < -0.3 is 14.6 Å². The zero-order valence-electron chi connectivity index (χ0n) is 47.2. The van der Waals surface area contributed by atoms with Crippen LogP contribution in [0.2, 0.25) is 0 Å². The number of aliphatic hydroxyl groups is 1. The molecule has 1 unspecified atom stereocenters. The summed E-state index contributed by atoms with van der Waals surface area (Å²) in [5.74, 6) is -0.639. The van der Waals surface area contributed by atoms with E-state index in [0.717, 1.165) is 89.9 Å². The highest BCUT2D eigenvalue weighted by Crippen LogP contribution is 2.16. The van der Waals surface area contributed by atoms with Crippen molar-refractivity contribution in [3.8, 4) is 0 Å². The van der Waals surface area contributed by atoms with Crippen molar-refractivity contribution in [2.45, 2.75) is 290 Å². The first-order valence-electron chi connectivity index (χ1n) is 30.4. The van der Waals surface area contributed by atoms with Gasteiger partial charge in [-0.2, -0.15) is 0 Å². The maximum Gasteiger partial charge on any atom is 0.306 e. The highest BCUT2D eigenvalue weighted by atomic mass is 16.6. The van der Waals surface area contributed by atoms with Crippen molar-refractivity contribution in [2.24, 2.45) is 0 Å². The number of hydrogen-bond donors (Lipinski definition) is 1. The summed E-state index contributed by atoms with van der Waals surface area (Å²) in [5, 5.41) is 9.65. The average Bonchev–Trinajstić information content (AvgIpc) is 3.38. The van der Waals surface area contributed by atoms with E-state index in [1.54, 1.807) is 0 Å². The lowest BCUT2D eigenvalue weighted by molar-refractivity contribution is -0.161. The van der Waals surface area contributed by atoms with E-state index in [-0.39, 0.29) is 25.2 Å². The molecule has 1 N–H and O–H groups in total. The number of unbranched alkanes of at least 4 members (excludes halogenated alkanes) is 29. The number of carbonyl (C=O) groups is 2. The quantitative estimate of drug-likeness (QED) is 0.0373. The Morgan fingerprint density at radius 3 is 0.931 bits per heavy atom. The molecule has 0 fully saturated rings. The molecule has 0 saturated carbocycles. The molecular weight excluding hydrogens is 885 g/mol. The van der Waals surface area contributed by atoms with Gasteiger partial charge in [0.1, 0.15) is 6.61 Å². The van der Waals surface area contributed by atoms with Crippen molar-refractivity contribution in [3.63, 3.8) is 0 Å². The molecule has 72 heavy (non-hydrogen) atoms. The van der Waals surface area contributed by atoms with E-state index in [1.165, 1.54) is 167 Å². The number of carbonyl (C=O) groups excluding carboxylic acids is 2. The Bertz CT molecular complexity index is 1410. The second-order valence-corrected chi connectivity index (χ2v) is 20.0. The fraction of sp³-hybridized carbons (Fsp3) is 0.701. The van der Waals surface area contributed by atoms with Crippen molar-refractivity contribution >= 4 is 11.9 Å². The third-order valence-corrected chi connectivity index (χ3v) is 13.1. The van der Waals surface area contributed by atoms with Crippen molar-refractivity contribution in [1.82, 2.24) is 0 Å². The van der Waals surface area contributed by atoms with E-state index in [0.29, 0.717) is 12.8 Å². The minimum Gasteiger partial charge on any atom is -0.462 e. The van der Waals surface area contributed by atoms with Crippen LogP contribution in [-0.4, -0.2) is 36.4 Å². The van der Waals surface area contributed by atoms with Crippen LogP contribution in [0.15, 0.2) is 109 Å². The third-order valence-electron chi connectivity index (χ3n) is 13.1. The van der Waals surface area contributed by atoms with Gasteiger partial charge in [-0.05, 0) is 103 Å². The second-order valence-electron chi connectivity index (χ2n) is 20.0. The fourth-order valence-electron chi connectivity index (χ4n) is 8.51. The second kappa shape index (κ2) is 61.9. The molecule has 0 aromatic rings. The monoisotopic (exact) mass is 999 g/mol. The molecule has 0 aliphatic rings. The van der Waals surface area contributed by atoms with Gasteiger partial charge in [0, 0.05) is 12.8 Å². The molecule has 0 aromatic carbocycles. The topological polar surface area (TPSA) is 72.8 Å². The molecule has 0 spiro atoms. The van der Waals surface area contributed by atoms with Gasteiger partial charge in [-0.3, -0.25) is 9.59 Å². The van der Waals surface area contributed by atoms with Gasteiger partial charge >= 0.3 is 11.9 Å². The molecule has 412 valence electrons.